The third-order valence-electron chi connectivity index (χ3n) is 2.81. The molecule has 4 heteroatoms. The van der Waals surface area contributed by atoms with Crippen molar-refractivity contribution in [1.29, 1.82) is 0 Å². The van der Waals surface area contributed by atoms with E-state index in [1.807, 2.05) is 46.4 Å². The van der Waals surface area contributed by atoms with E-state index in [1.54, 1.807) is 0 Å². The van der Waals surface area contributed by atoms with E-state index >= 15 is 0 Å². The molecule has 0 N–H and O–H groups in total. The van der Waals surface area contributed by atoms with Crippen LogP contribution in [0.4, 0.5) is 8.78 Å². The van der Waals surface area contributed by atoms with E-state index in [2.05, 4.69) is 0 Å². The topological polar surface area (TPSA) is 12.5 Å². The standard InChI is InChI=1S/C12H23F2NO/c1-10(2,3)9-15(11(4,5)6)8-7-12(13,14)16-9/h9H,7-8H2,1-6H3. The summed E-state index contributed by atoms with van der Waals surface area (Å²) >= 11 is 0. The molecule has 0 amide bonds. The van der Waals surface area contributed by atoms with Crippen LogP contribution in [0.5, 0.6) is 0 Å². The van der Waals surface area contributed by atoms with Crippen molar-refractivity contribution in [3.05, 3.63) is 0 Å². The van der Waals surface area contributed by atoms with Crippen LogP contribution in [-0.4, -0.2) is 29.3 Å². The van der Waals surface area contributed by atoms with Gasteiger partial charge in [0, 0.05) is 17.5 Å². The van der Waals surface area contributed by atoms with Crippen LogP contribution in [0.3, 0.4) is 0 Å². The maximum atomic E-state index is 13.3. The Morgan fingerprint density at radius 2 is 1.62 bits per heavy atom. The first-order chi connectivity index (χ1) is 6.93. The van der Waals surface area contributed by atoms with Crippen molar-refractivity contribution < 1.29 is 13.5 Å². The quantitative estimate of drug-likeness (QED) is 0.637. The Bertz CT molecular complexity index is 253. The number of ether oxygens (including phenoxy) is 1. The molecule has 1 rings (SSSR count). The van der Waals surface area contributed by atoms with E-state index in [4.69, 9.17) is 4.74 Å². The summed E-state index contributed by atoms with van der Waals surface area (Å²) in [6.45, 7) is 12.2. The van der Waals surface area contributed by atoms with Crippen LogP contribution in [0, 0.1) is 5.41 Å². The predicted octanol–water partition coefficient (Wildman–Crippen LogP) is 3.47. The molecule has 1 fully saturated rings. The number of nitrogens with zero attached hydrogens (tertiary/aromatic N) is 1. The van der Waals surface area contributed by atoms with Crippen LogP contribution >= 0.6 is 0 Å². The Hall–Kier alpha value is -0.220. The highest BCUT2D eigenvalue weighted by molar-refractivity contribution is 4.88. The summed E-state index contributed by atoms with van der Waals surface area (Å²) in [4.78, 5) is 2.02. The monoisotopic (exact) mass is 235 g/mol. The highest BCUT2D eigenvalue weighted by atomic mass is 19.3. The van der Waals surface area contributed by atoms with E-state index in [1.165, 1.54) is 0 Å². The molecule has 0 aliphatic carbocycles. The zero-order valence-electron chi connectivity index (χ0n) is 11.1. The van der Waals surface area contributed by atoms with Crippen LogP contribution in [0.1, 0.15) is 48.0 Å². The number of halogens is 2. The molecule has 2 nitrogen and oxygen atoms in total. The van der Waals surface area contributed by atoms with E-state index in [0.717, 1.165) is 0 Å². The fourth-order valence-corrected chi connectivity index (χ4v) is 1.99. The van der Waals surface area contributed by atoms with Gasteiger partial charge in [-0.1, -0.05) is 20.8 Å². The van der Waals surface area contributed by atoms with Crippen molar-refractivity contribution >= 4 is 0 Å². The molecule has 0 bridgehead atoms. The molecular formula is C12H23F2NO. The molecular weight excluding hydrogens is 212 g/mol. The van der Waals surface area contributed by atoms with Gasteiger partial charge in [-0.3, -0.25) is 4.90 Å². The summed E-state index contributed by atoms with van der Waals surface area (Å²) in [5.74, 6) is 0. The Morgan fingerprint density at radius 3 is 2.00 bits per heavy atom. The van der Waals surface area contributed by atoms with Gasteiger partial charge in [-0.2, -0.15) is 8.78 Å². The van der Waals surface area contributed by atoms with E-state index in [0.29, 0.717) is 6.54 Å². The fraction of sp³-hybridized carbons (Fsp3) is 1.00. The van der Waals surface area contributed by atoms with Crippen LogP contribution in [0.2, 0.25) is 0 Å². The zero-order valence-corrected chi connectivity index (χ0v) is 11.1. The molecule has 0 radical (unpaired) electrons. The summed E-state index contributed by atoms with van der Waals surface area (Å²) in [5.41, 5.74) is -0.481. The molecule has 96 valence electrons. The molecule has 0 saturated carbocycles. The summed E-state index contributed by atoms with van der Waals surface area (Å²) < 4.78 is 31.6. The number of hydrogen-bond donors (Lipinski definition) is 0. The van der Waals surface area contributed by atoms with Crippen LogP contribution < -0.4 is 0 Å². The second kappa shape index (κ2) is 3.91. The largest absolute Gasteiger partial charge is 0.358 e. The predicted molar refractivity (Wildman–Crippen MR) is 60.4 cm³/mol. The molecule has 1 saturated heterocycles. The summed E-state index contributed by atoms with van der Waals surface area (Å²) in [6, 6.07) is 0. The van der Waals surface area contributed by atoms with Gasteiger partial charge < -0.3 is 4.74 Å². The highest BCUT2D eigenvalue weighted by Crippen LogP contribution is 2.39. The van der Waals surface area contributed by atoms with Gasteiger partial charge in [-0.05, 0) is 20.8 Å². The molecule has 16 heavy (non-hydrogen) atoms. The lowest BCUT2D eigenvalue weighted by atomic mass is 9.89. The fourth-order valence-electron chi connectivity index (χ4n) is 1.99. The first-order valence-electron chi connectivity index (χ1n) is 5.76. The summed E-state index contributed by atoms with van der Waals surface area (Å²) in [5, 5.41) is 0. The minimum Gasteiger partial charge on any atom is -0.301 e. The Balaban J connectivity index is 2.94. The maximum Gasteiger partial charge on any atom is 0.358 e. The Labute approximate surface area is 97.0 Å². The van der Waals surface area contributed by atoms with Crippen molar-refractivity contribution in [1.82, 2.24) is 4.90 Å². The first kappa shape index (κ1) is 13.8. The number of rotatable bonds is 0. The molecule has 1 aliphatic heterocycles. The lowest BCUT2D eigenvalue weighted by molar-refractivity contribution is -0.346. The average molecular weight is 235 g/mol. The van der Waals surface area contributed by atoms with Crippen LogP contribution in [-0.2, 0) is 4.74 Å². The maximum absolute atomic E-state index is 13.3. The molecule has 1 atom stereocenters. The minimum atomic E-state index is -2.99. The molecule has 1 heterocycles. The zero-order chi connectivity index (χ0) is 12.8. The molecule has 0 spiro atoms. The third-order valence-corrected chi connectivity index (χ3v) is 2.81. The summed E-state index contributed by atoms with van der Waals surface area (Å²) in [6.07, 6.45) is -3.76. The Morgan fingerprint density at radius 1 is 1.12 bits per heavy atom. The smallest absolute Gasteiger partial charge is 0.301 e. The van der Waals surface area contributed by atoms with Crippen LogP contribution in [0.15, 0.2) is 0 Å². The lowest BCUT2D eigenvalue weighted by Gasteiger charge is -2.50. The number of hydrogen-bond acceptors (Lipinski definition) is 2. The van der Waals surface area contributed by atoms with Gasteiger partial charge in [-0.15, -0.1) is 0 Å². The van der Waals surface area contributed by atoms with Gasteiger partial charge in [0.2, 0.25) is 0 Å². The molecule has 0 aromatic carbocycles. The summed E-state index contributed by atoms with van der Waals surface area (Å²) in [7, 11) is 0. The van der Waals surface area contributed by atoms with Crippen LogP contribution in [0.25, 0.3) is 0 Å². The van der Waals surface area contributed by atoms with Gasteiger partial charge in [-0.25, -0.2) is 0 Å². The van der Waals surface area contributed by atoms with E-state index in [9.17, 15) is 8.78 Å². The second-order valence-corrected chi connectivity index (χ2v) is 6.59. The SMILES string of the molecule is CC(C)(C)C1OC(F)(F)CCN1C(C)(C)C. The van der Waals surface area contributed by atoms with Gasteiger partial charge >= 0.3 is 6.11 Å². The number of alkyl halides is 2. The first-order valence-corrected chi connectivity index (χ1v) is 5.76. The van der Waals surface area contributed by atoms with Crippen molar-refractivity contribution in [2.75, 3.05) is 6.54 Å². The molecule has 1 aliphatic rings. The molecule has 1 unspecified atom stereocenters. The minimum absolute atomic E-state index is 0.158. The van der Waals surface area contributed by atoms with Crippen molar-refractivity contribution in [2.45, 2.75) is 65.8 Å². The highest BCUT2D eigenvalue weighted by Gasteiger charge is 2.48. The normalized spacial score (nSPS) is 28.1. The Kier molecular flexibility index (Phi) is 3.39. The molecule has 0 aromatic heterocycles. The second-order valence-electron chi connectivity index (χ2n) is 6.59. The van der Waals surface area contributed by atoms with E-state index in [-0.39, 0.29) is 17.4 Å². The third kappa shape index (κ3) is 3.14. The van der Waals surface area contributed by atoms with Crippen molar-refractivity contribution in [3.63, 3.8) is 0 Å². The van der Waals surface area contributed by atoms with Gasteiger partial charge in [0.05, 0.1) is 6.42 Å². The van der Waals surface area contributed by atoms with Crippen molar-refractivity contribution in [2.24, 2.45) is 5.41 Å². The van der Waals surface area contributed by atoms with Crippen molar-refractivity contribution in [3.8, 4) is 0 Å². The lowest BCUT2D eigenvalue weighted by Crippen LogP contribution is -2.60. The molecule has 0 aromatic rings. The van der Waals surface area contributed by atoms with E-state index < -0.39 is 12.3 Å². The van der Waals surface area contributed by atoms with Gasteiger partial charge in [0.25, 0.3) is 0 Å². The average Bonchev–Trinajstić information content (AvgIpc) is 1.97. The van der Waals surface area contributed by atoms with Gasteiger partial charge in [0.1, 0.15) is 6.23 Å². The van der Waals surface area contributed by atoms with Gasteiger partial charge in [0.15, 0.2) is 0 Å².